The lowest BCUT2D eigenvalue weighted by Crippen LogP contribution is -2.31. The summed E-state index contributed by atoms with van der Waals surface area (Å²) in [6, 6.07) is 19.8. The Hall–Kier alpha value is -3.23. The Labute approximate surface area is 196 Å². The second-order valence-corrected chi connectivity index (χ2v) is 10.6. The van der Waals surface area contributed by atoms with E-state index in [2.05, 4.69) is 5.32 Å². The third-order valence-electron chi connectivity index (χ3n) is 5.17. The fourth-order valence-electron chi connectivity index (χ4n) is 3.47. The Balaban J connectivity index is 1.67. The second kappa shape index (κ2) is 9.33. The Morgan fingerprint density at radius 2 is 1.76 bits per heavy atom. The van der Waals surface area contributed by atoms with Crippen molar-refractivity contribution < 1.29 is 17.6 Å². The summed E-state index contributed by atoms with van der Waals surface area (Å²) >= 11 is 1.27. The number of benzene rings is 3. The van der Waals surface area contributed by atoms with Gasteiger partial charge in [-0.25, -0.2) is 12.8 Å². The van der Waals surface area contributed by atoms with Crippen LogP contribution < -0.4 is 9.62 Å². The van der Waals surface area contributed by atoms with Crippen LogP contribution in [0.5, 0.6) is 0 Å². The molecular weight excluding hydrogens is 459 g/mol. The van der Waals surface area contributed by atoms with Crippen molar-refractivity contribution in [2.75, 3.05) is 16.2 Å². The van der Waals surface area contributed by atoms with Crippen LogP contribution in [-0.4, -0.2) is 20.9 Å². The first-order valence-corrected chi connectivity index (χ1v) is 12.7. The number of hydrogen-bond acceptors (Lipinski definition) is 4. The first kappa shape index (κ1) is 22.9. The van der Waals surface area contributed by atoms with E-state index in [4.69, 9.17) is 0 Å². The summed E-state index contributed by atoms with van der Waals surface area (Å²) in [7, 11) is -3.74. The van der Waals surface area contributed by atoms with Crippen LogP contribution in [0.25, 0.3) is 10.1 Å². The minimum Gasteiger partial charge on any atom is -0.319 e. The Kier molecular flexibility index (Phi) is 6.49. The molecule has 0 aliphatic rings. The van der Waals surface area contributed by atoms with Crippen LogP contribution in [-0.2, 0) is 10.0 Å². The highest BCUT2D eigenvalue weighted by molar-refractivity contribution is 7.92. The smallest absolute Gasteiger partial charge is 0.265 e. The number of amides is 1. The maximum Gasteiger partial charge on any atom is 0.265 e. The van der Waals surface area contributed by atoms with E-state index in [9.17, 15) is 17.6 Å². The molecule has 1 aromatic heterocycles. The van der Waals surface area contributed by atoms with Crippen LogP contribution in [0, 0.1) is 12.7 Å². The number of sulfonamides is 1. The second-order valence-electron chi connectivity index (χ2n) is 7.66. The maximum atomic E-state index is 13.9. The molecule has 0 saturated carbocycles. The molecule has 0 spiro atoms. The molecule has 33 heavy (non-hydrogen) atoms. The van der Waals surface area contributed by atoms with Gasteiger partial charge in [0, 0.05) is 11.2 Å². The number of anilines is 2. The van der Waals surface area contributed by atoms with Crippen molar-refractivity contribution in [1.82, 2.24) is 0 Å². The number of nitrogens with one attached hydrogen (secondary N) is 1. The number of para-hydroxylation sites is 1. The van der Waals surface area contributed by atoms with E-state index in [0.29, 0.717) is 23.5 Å². The summed E-state index contributed by atoms with van der Waals surface area (Å²) in [6.45, 7) is 4.16. The maximum absolute atomic E-state index is 13.9. The number of hydrogen-bond donors (Lipinski definition) is 1. The number of carbonyl (C=O) groups is 1. The minimum atomic E-state index is -3.74. The van der Waals surface area contributed by atoms with E-state index in [1.165, 1.54) is 27.8 Å². The van der Waals surface area contributed by atoms with Crippen LogP contribution in [0.2, 0.25) is 0 Å². The van der Waals surface area contributed by atoms with E-state index in [0.717, 1.165) is 15.6 Å². The Morgan fingerprint density at radius 1 is 1.03 bits per heavy atom. The normalized spacial score (nSPS) is 11.5. The highest BCUT2D eigenvalue weighted by Gasteiger charge is 2.25. The van der Waals surface area contributed by atoms with E-state index < -0.39 is 21.7 Å². The minimum absolute atomic E-state index is 0.110. The van der Waals surface area contributed by atoms with E-state index in [1.54, 1.807) is 54.6 Å². The number of rotatable bonds is 7. The molecule has 3 aromatic carbocycles. The zero-order valence-electron chi connectivity index (χ0n) is 18.2. The third-order valence-corrected chi connectivity index (χ3v) is 8.13. The summed E-state index contributed by atoms with van der Waals surface area (Å²) in [5.74, 6) is -0.925. The van der Waals surface area contributed by atoms with Gasteiger partial charge in [-0.05, 0) is 67.3 Å². The van der Waals surface area contributed by atoms with Gasteiger partial charge in [0.15, 0.2) is 0 Å². The van der Waals surface area contributed by atoms with Crippen molar-refractivity contribution in [3.8, 4) is 0 Å². The van der Waals surface area contributed by atoms with Crippen LogP contribution in [0.1, 0.15) is 28.6 Å². The number of aryl methyl sites for hydroxylation is 1. The molecule has 4 rings (SSSR count). The van der Waals surface area contributed by atoms with Crippen molar-refractivity contribution in [2.24, 2.45) is 0 Å². The van der Waals surface area contributed by atoms with Crippen LogP contribution in [0.15, 0.2) is 77.7 Å². The van der Waals surface area contributed by atoms with Gasteiger partial charge in [-0.3, -0.25) is 9.10 Å². The molecule has 5 nitrogen and oxygen atoms in total. The average Bonchev–Trinajstić information content (AvgIpc) is 3.23. The first-order valence-electron chi connectivity index (χ1n) is 10.5. The summed E-state index contributed by atoms with van der Waals surface area (Å²) < 4.78 is 42.8. The Morgan fingerprint density at radius 3 is 2.45 bits per heavy atom. The van der Waals surface area contributed by atoms with Crippen molar-refractivity contribution in [3.63, 3.8) is 0 Å². The molecule has 1 amide bonds. The molecule has 0 aliphatic heterocycles. The van der Waals surface area contributed by atoms with Crippen molar-refractivity contribution in [1.29, 1.82) is 0 Å². The highest BCUT2D eigenvalue weighted by Crippen LogP contribution is 2.32. The molecule has 0 fully saturated rings. The molecule has 170 valence electrons. The van der Waals surface area contributed by atoms with E-state index >= 15 is 0 Å². The quantitative estimate of drug-likeness (QED) is 0.341. The van der Waals surface area contributed by atoms with Crippen molar-refractivity contribution >= 4 is 48.7 Å². The summed E-state index contributed by atoms with van der Waals surface area (Å²) in [5, 5.41) is 3.33. The number of fused-ring (bicyclic) bond motifs is 1. The number of carbonyl (C=O) groups excluding carboxylic acids is 1. The molecule has 1 N–H and O–H groups in total. The summed E-state index contributed by atoms with van der Waals surface area (Å²) in [6.07, 6.45) is 0.642. The standard InChI is InChI=1S/C25H23FN2O3S2/c1-3-14-28(33(30,31)20-11-8-17(2)9-12-20)19-10-13-23-18(15-19)16-24(32-23)25(29)27-22-7-5-4-6-21(22)26/h4-13,15-16H,3,14H2,1-2H3,(H,27,29). The SMILES string of the molecule is CCCN(c1ccc2sc(C(=O)Nc3ccccc3F)cc2c1)S(=O)(=O)c1ccc(C)cc1. The molecule has 0 radical (unpaired) electrons. The van der Waals surface area contributed by atoms with E-state index in [1.807, 2.05) is 19.9 Å². The molecule has 0 atom stereocenters. The van der Waals surface area contributed by atoms with Gasteiger partial charge in [-0.2, -0.15) is 0 Å². The molecule has 0 unspecified atom stereocenters. The van der Waals surface area contributed by atoms with Crippen molar-refractivity contribution in [2.45, 2.75) is 25.2 Å². The van der Waals surface area contributed by atoms with Crippen molar-refractivity contribution in [3.05, 3.63) is 89.1 Å². The average molecular weight is 483 g/mol. The molecule has 0 aliphatic carbocycles. The number of halogens is 1. The van der Waals surface area contributed by atoms with Crippen LogP contribution in [0.3, 0.4) is 0 Å². The lowest BCUT2D eigenvalue weighted by Gasteiger charge is -2.24. The van der Waals surface area contributed by atoms with Crippen LogP contribution in [0.4, 0.5) is 15.8 Å². The van der Waals surface area contributed by atoms with Crippen LogP contribution >= 0.6 is 11.3 Å². The third kappa shape index (κ3) is 4.77. The summed E-state index contributed by atoms with van der Waals surface area (Å²) in [5.41, 5.74) is 1.62. The largest absolute Gasteiger partial charge is 0.319 e. The van der Waals surface area contributed by atoms with Gasteiger partial charge < -0.3 is 5.32 Å². The fourth-order valence-corrected chi connectivity index (χ4v) is 5.96. The van der Waals surface area contributed by atoms with Gasteiger partial charge >= 0.3 is 0 Å². The number of thiophene rings is 1. The molecule has 8 heteroatoms. The van der Waals surface area contributed by atoms with Gasteiger partial charge in [0.2, 0.25) is 0 Å². The lowest BCUT2D eigenvalue weighted by molar-refractivity contribution is 0.103. The molecule has 1 heterocycles. The topological polar surface area (TPSA) is 66.5 Å². The van der Waals surface area contributed by atoms with Gasteiger partial charge in [-0.1, -0.05) is 36.8 Å². The molecule has 0 bridgehead atoms. The Bertz CT molecular complexity index is 1410. The van der Waals surface area contributed by atoms with Gasteiger partial charge in [-0.15, -0.1) is 11.3 Å². The fraction of sp³-hybridized carbons (Fsp3) is 0.160. The first-order chi connectivity index (χ1) is 15.8. The lowest BCUT2D eigenvalue weighted by atomic mass is 10.2. The zero-order chi connectivity index (χ0) is 23.6. The molecule has 4 aromatic rings. The van der Waals surface area contributed by atoms with Gasteiger partial charge in [0.05, 0.1) is 21.1 Å². The predicted octanol–water partition coefficient (Wildman–Crippen LogP) is 6.21. The zero-order valence-corrected chi connectivity index (χ0v) is 19.8. The monoisotopic (exact) mass is 482 g/mol. The van der Waals surface area contributed by atoms with E-state index in [-0.39, 0.29) is 10.6 Å². The molecular formula is C25H23FN2O3S2. The molecule has 0 saturated heterocycles. The summed E-state index contributed by atoms with van der Waals surface area (Å²) in [4.78, 5) is 13.3. The van der Waals surface area contributed by atoms with Gasteiger partial charge in [0.1, 0.15) is 5.82 Å². The highest BCUT2D eigenvalue weighted by atomic mass is 32.2. The number of nitrogens with zero attached hydrogens (tertiary/aromatic N) is 1. The predicted molar refractivity (Wildman–Crippen MR) is 132 cm³/mol. The van der Waals surface area contributed by atoms with Gasteiger partial charge in [0.25, 0.3) is 15.9 Å².